The van der Waals surface area contributed by atoms with E-state index in [1.165, 1.54) is 5.46 Å². The second-order valence-corrected chi connectivity index (χ2v) is 3.58. The molecule has 0 saturated heterocycles. The Morgan fingerprint density at radius 2 is 2.08 bits per heavy atom. The van der Waals surface area contributed by atoms with Gasteiger partial charge in [0.2, 0.25) is 0 Å². The van der Waals surface area contributed by atoms with Crippen LogP contribution in [-0.2, 0) is 0 Å². The molecule has 2 heteroatoms. The van der Waals surface area contributed by atoms with E-state index in [0.717, 1.165) is 18.8 Å². The van der Waals surface area contributed by atoms with Gasteiger partial charge in [-0.3, -0.25) is 0 Å². The fourth-order valence-corrected chi connectivity index (χ4v) is 1.18. The minimum Gasteiger partial charge on any atom is -0.494 e. The highest BCUT2D eigenvalue weighted by Gasteiger charge is 2.03. The number of hydrogen-bond acceptors (Lipinski definition) is 1. The van der Waals surface area contributed by atoms with E-state index in [4.69, 9.17) is 4.74 Å². The Hall–Kier alpha value is -0.915. The van der Waals surface area contributed by atoms with Crippen molar-refractivity contribution in [2.75, 3.05) is 6.61 Å². The zero-order valence-corrected chi connectivity index (χ0v) is 8.71. The lowest BCUT2D eigenvalue weighted by atomic mass is 9.49. The molecule has 0 N–H and O–H groups in total. The van der Waals surface area contributed by atoms with Crippen LogP contribution in [0.5, 0.6) is 5.75 Å². The third-order valence-electron chi connectivity index (χ3n) is 2.00. The zero-order valence-electron chi connectivity index (χ0n) is 8.71. The Morgan fingerprint density at radius 1 is 1.31 bits per heavy atom. The maximum atomic E-state index is 5.55. The highest BCUT2D eigenvalue weighted by Crippen LogP contribution is 2.08. The lowest BCUT2D eigenvalue weighted by Crippen LogP contribution is -2.22. The molecule has 0 radical (unpaired) electrons. The van der Waals surface area contributed by atoms with Crippen molar-refractivity contribution < 1.29 is 4.74 Å². The Bertz CT molecular complexity index is 258. The molecule has 0 heterocycles. The van der Waals surface area contributed by atoms with E-state index in [1.807, 2.05) is 6.07 Å². The van der Waals surface area contributed by atoms with E-state index >= 15 is 0 Å². The molecule has 70 valence electrons. The standard InChI is InChI=1S/C11H17BO/c1-4-8-13-11-7-5-6-10(9-11)12(2)3/h5-7,9H,4,8H2,1-3H3. The van der Waals surface area contributed by atoms with E-state index in [9.17, 15) is 0 Å². The van der Waals surface area contributed by atoms with Crippen LogP contribution in [0.2, 0.25) is 13.6 Å². The van der Waals surface area contributed by atoms with Crippen LogP contribution in [0.25, 0.3) is 0 Å². The topological polar surface area (TPSA) is 9.23 Å². The van der Waals surface area contributed by atoms with E-state index in [2.05, 4.69) is 38.8 Å². The van der Waals surface area contributed by atoms with Crippen LogP contribution < -0.4 is 10.2 Å². The number of benzene rings is 1. The summed E-state index contributed by atoms with van der Waals surface area (Å²) in [5, 5.41) is 0. The van der Waals surface area contributed by atoms with E-state index in [-0.39, 0.29) is 0 Å². The zero-order chi connectivity index (χ0) is 9.68. The molecule has 1 nitrogen and oxygen atoms in total. The van der Waals surface area contributed by atoms with Gasteiger partial charge >= 0.3 is 0 Å². The molecule has 13 heavy (non-hydrogen) atoms. The molecule has 0 fully saturated rings. The van der Waals surface area contributed by atoms with Gasteiger partial charge in [0.05, 0.1) is 6.61 Å². The lowest BCUT2D eigenvalue weighted by Gasteiger charge is -2.07. The second-order valence-electron chi connectivity index (χ2n) is 3.58. The summed E-state index contributed by atoms with van der Waals surface area (Å²) in [6, 6.07) is 8.34. The van der Waals surface area contributed by atoms with Crippen LogP contribution in [-0.4, -0.2) is 13.3 Å². The van der Waals surface area contributed by atoms with Crippen molar-refractivity contribution in [3.63, 3.8) is 0 Å². The third kappa shape index (κ3) is 3.13. The number of rotatable bonds is 4. The molecule has 1 aromatic carbocycles. The average Bonchev–Trinajstić information content (AvgIpc) is 2.15. The first-order chi connectivity index (χ1) is 6.24. The summed E-state index contributed by atoms with van der Waals surface area (Å²) >= 11 is 0. The molecule has 0 aliphatic carbocycles. The van der Waals surface area contributed by atoms with E-state index in [0.29, 0.717) is 6.71 Å². The third-order valence-corrected chi connectivity index (χ3v) is 2.00. The Balaban J connectivity index is 2.68. The van der Waals surface area contributed by atoms with Gasteiger partial charge in [-0.2, -0.15) is 0 Å². The van der Waals surface area contributed by atoms with Crippen molar-refractivity contribution in [1.82, 2.24) is 0 Å². The van der Waals surface area contributed by atoms with Gasteiger partial charge in [-0.1, -0.05) is 38.2 Å². The summed E-state index contributed by atoms with van der Waals surface area (Å²) < 4.78 is 5.55. The number of ether oxygens (including phenoxy) is 1. The van der Waals surface area contributed by atoms with Crippen LogP contribution in [0.4, 0.5) is 0 Å². The molecule has 1 rings (SSSR count). The predicted molar refractivity (Wildman–Crippen MR) is 59.3 cm³/mol. The first kappa shape index (κ1) is 10.2. The van der Waals surface area contributed by atoms with E-state index in [1.54, 1.807) is 0 Å². The monoisotopic (exact) mass is 176 g/mol. The molecule has 1 aromatic rings. The summed E-state index contributed by atoms with van der Waals surface area (Å²) in [5.41, 5.74) is 1.34. The highest BCUT2D eigenvalue weighted by atomic mass is 16.5. The van der Waals surface area contributed by atoms with Crippen molar-refractivity contribution in [3.05, 3.63) is 24.3 Å². The quantitative estimate of drug-likeness (QED) is 0.640. The molecular formula is C11H17BO. The van der Waals surface area contributed by atoms with Crippen LogP contribution in [0.1, 0.15) is 13.3 Å². The van der Waals surface area contributed by atoms with Crippen molar-refractivity contribution in [3.8, 4) is 5.75 Å². The van der Waals surface area contributed by atoms with Gasteiger partial charge < -0.3 is 4.74 Å². The summed E-state index contributed by atoms with van der Waals surface area (Å²) in [6.07, 6.45) is 1.06. The van der Waals surface area contributed by atoms with Crippen LogP contribution in [0, 0.1) is 0 Å². The second kappa shape index (κ2) is 4.95. The smallest absolute Gasteiger partial charge is 0.169 e. The van der Waals surface area contributed by atoms with Crippen LogP contribution >= 0.6 is 0 Å². The van der Waals surface area contributed by atoms with Crippen LogP contribution in [0.15, 0.2) is 24.3 Å². The summed E-state index contributed by atoms with van der Waals surface area (Å²) in [5.74, 6) is 0.994. The summed E-state index contributed by atoms with van der Waals surface area (Å²) in [4.78, 5) is 0. The molecule has 0 spiro atoms. The van der Waals surface area contributed by atoms with E-state index < -0.39 is 0 Å². The first-order valence-corrected chi connectivity index (χ1v) is 4.96. The van der Waals surface area contributed by atoms with Gasteiger partial charge in [0.25, 0.3) is 0 Å². The van der Waals surface area contributed by atoms with Gasteiger partial charge in [0.15, 0.2) is 6.71 Å². The molecule has 0 aliphatic rings. The maximum absolute atomic E-state index is 5.55. The minimum absolute atomic E-state index is 0.574. The Labute approximate surface area is 81.2 Å². The molecule has 0 aromatic heterocycles. The largest absolute Gasteiger partial charge is 0.494 e. The van der Waals surface area contributed by atoms with Gasteiger partial charge in [-0.25, -0.2) is 0 Å². The molecule has 0 saturated carbocycles. The number of hydrogen-bond donors (Lipinski definition) is 0. The van der Waals surface area contributed by atoms with Crippen molar-refractivity contribution >= 4 is 12.2 Å². The molecule has 0 unspecified atom stereocenters. The van der Waals surface area contributed by atoms with Crippen LogP contribution in [0.3, 0.4) is 0 Å². The fraction of sp³-hybridized carbons (Fsp3) is 0.455. The predicted octanol–water partition coefficient (Wildman–Crippen LogP) is 2.44. The van der Waals surface area contributed by atoms with Gasteiger partial charge in [-0.05, 0) is 18.6 Å². The molecule has 0 aliphatic heterocycles. The summed E-state index contributed by atoms with van der Waals surface area (Å²) in [6.45, 7) is 7.89. The Kier molecular flexibility index (Phi) is 3.87. The molecule has 0 amide bonds. The SMILES string of the molecule is CCCOc1cccc(B(C)C)c1. The molecule has 0 atom stereocenters. The lowest BCUT2D eigenvalue weighted by molar-refractivity contribution is 0.317. The summed E-state index contributed by atoms with van der Waals surface area (Å²) in [7, 11) is 0. The molecule has 0 bridgehead atoms. The minimum atomic E-state index is 0.574. The maximum Gasteiger partial charge on any atom is 0.169 e. The van der Waals surface area contributed by atoms with Crippen molar-refractivity contribution in [1.29, 1.82) is 0 Å². The Morgan fingerprint density at radius 3 is 2.69 bits per heavy atom. The molecular weight excluding hydrogens is 159 g/mol. The van der Waals surface area contributed by atoms with Gasteiger partial charge in [0, 0.05) is 0 Å². The van der Waals surface area contributed by atoms with Crippen molar-refractivity contribution in [2.45, 2.75) is 27.0 Å². The van der Waals surface area contributed by atoms with Gasteiger partial charge in [-0.15, -0.1) is 0 Å². The normalized spacial score (nSPS) is 9.77. The fourth-order valence-electron chi connectivity index (χ4n) is 1.18. The highest BCUT2D eigenvalue weighted by molar-refractivity contribution is 6.70. The average molecular weight is 176 g/mol. The van der Waals surface area contributed by atoms with Gasteiger partial charge in [0.1, 0.15) is 5.75 Å². The first-order valence-electron chi connectivity index (χ1n) is 4.96. The van der Waals surface area contributed by atoms with Crippen molar-refractivity contribution in [2.24, 2.45) is 0 Å².